The quantitative estimate of drug-likeness (QED) is 0.867. The van der Waals surface area contributed by atoms with Crippen LogP contribution in [0.5, 0.6) is 5.75 Å². The van der Waals surface area contributed by atoms with Crippen molar-refractivity contribution >= 4 is 5.91 Å². The van der Waals surface area contributed by atoms with Gasteiger partial charge in [0.25, 0.3) is 5.91 Å². The molecule has 1 atom stereocenters. The summed E-state index contributed by atoms with van der Waals surface area (Å²) in [5, 5.41) is 0. The maximum absolute atomic E-state index is 11.9. The Hall–Kier alpha value is -1.55. The van der Waals surface area contributed by atoms with E-state index in [9.17, 15) is 4.79 Å². The average molecular weight is 278 g/mol. The van der Waals surface area contributed by atoms with E-state index in [0.29, 0.717) is 0 Å². The van der Waals surface area contributed by atoms with Gasteiger partial charge < -0.3 is 15.4 Å². The van der Waals surface area contributed by atoms with Crippen LogP contribution >= 0.6 is 0 Å². The van der Waals surface area contributed by atoms with E-state index in [0.717, 1.165) is 17.7 Å². The second kappa shape index (κ2) is 7.29. The lowest BCUT2D eigenvalue weighted by Crippen LogP contribution is -2.36. The Morgan fingerprint density at radius 2 is 2.00 bits per heavy atom. The van der Waals surface area contributed by atoms with Gasteiger partial charge in [-0.15, -0.1) is 0 Å². The van der Waals surface area contributed by atoms with Gasteiger partial charge >= 0.3 is 0 Å². The highest BCUT2D eigenvalue weighted by Gasteiger charge is 2.14. The van der Waals surface area contributed by atoms with Gasteiger partial charge in [0.05, 0.1) is 0 Å². The summed E-state index contributed by atoms with van der Waals surface area (Å²) >= 11 is 0. The van der Waals surface area contributed by atoms with Crippen molar-refractivity contribution in [3.05, 3.63) is 29.3 Å². The van der Waals surface area contributed by atoms with E-state index >= 15 is 0 Å². The summed E-state index contributed by atoms with van der Waals surface area (Å²) in [5.74, 6) is 0.728. The molecule has 0 saturated heterocycles. The van der Waals surface area contributed by atoms with E-state index in [1.165, 1.54) is 5.56 Å². The number of carbonyl (C=O) groups is 1. The summed E-state index contributed by atoms with van der Waals surface area (Å²) in [5.41, 5.74) is 8.08. The highest BCUT2D eigenvalue weighted by Crippen LogP contribution is 2.21. The topological polar surface area (TPSA) is 55.6 Å². The molecular formula is C16H26N2O2. The van der Waals surface area contributed by atoms with Crippen molar-refractivity contribution in [3.63, 3.8) is 0 Å². The molecule has 0 aromatic heterocycles. The van der Waals surface area contributed by atoms with Gasteiger partial charge in [-0.25, -0.2) is 0 Å². The summed E-state index contributed by atoms with van der Waals surface area (Å²) in [7, 11) is 1.79. The van der Waals surface area contributed by atoms with Crippen LogP contribution in [0.3, 0.4) is 0 Å². The molecule has 20 heavy (non-hydrogen) atoms. The Bertz CT molecular complexity index is 456. The number of aryl methyl sites for hydroxylation is 1. The van der Waals surface area contributed by atoms with E-state index in [1.54, 1.807) is 11.9 Å². The summed E-state index contributed by atoms with van der Waals surface area (Å²) in [4.78, 5) is 13.6. The lowest BCUT2D eigenvalue weighted by molar-refractivity contribution is -0.133. The Kier molecular flexibility index (Phi) is 6.02. The predicted molar refractivity (Wildman–Crippen MR) is 81.9 cm³/mol. The summed E-state index contributed by atoms with van der Waals surface area (Å²) < 4.78 is 5.68. The van der Waals surface area contributed by atoms with Crippen molar-refractivity contribution in [1.29, 1.82) is 0 Å². The van der Waals surface area contributed by atoms with Gasteiger partial charge in [-0.1, -0.05) is 17.7 Å². The maximum atomic E-state index is 11.9. The fourth-order valence-corrected chi connectivity index (χ4v) is 1.88. The van der Waals surface area contributed by atoms with Crippen LogP contribution in [-0.2, 0) is 11.2 Å². The Balaban J connectivity index is 2.74. The molecule has 0 aliphatic heterocycles. The molecule has 0 bridgehead atoms. The van der Waals surface area contributed by atoms with Crippen LogP contribution in [0.15, 0.2) is 18.2 Å². The highest BCUT2D eigenvalue weighted by atomic mass is 16.5. The molecule has 2 N–H and O–H groups in total. The molecule has 0 spiro atoms. The molecule has 112 valence electrons. The Morgan fingerprint density at radius 3 is 2.55 bits per heavy atom. The first-order valence-corrected chi connectivity index (χ1v) is 7.04. The molecule has 1 unspecified atom stereocenters. The van der Waals surface area contributed by atoms with E-state index in [4.69, 9.17) is 10.5 Å². The summed E-state index contributed by atoms with van der Waals surface area (Å²) in [6, 6.07) is 6.20. The zero-order valence-corrected chi connectivity index (χ0v) is 13.1. The van der Waals surface area contributed by atoms with Gasteiger partial charge in [-0.3, -0.25) is 4.79 Å². The molecule has 1 rings (SSSR count). The third-order valence-electron chi connectivity index (χ3n) is 3.28. The van der Waals surface area contributed by atoms with Gasteiger partial charge in [0.2, 0.25) is 0 Å². The van der Waals surface area contributed by atoms with E-state index in [2.05, 4.69) is 6.07 Å². The van der Waals surface area contributed by atoms with Gasteiger partial charge in [-0.05, 0) is 45.7 Å². The molecule has 1 amide bonds. The number of nitrogens with two attached hydrogens (primary N) is 1. The van der Waals surface area contributed by atoms with Crippen molar-refractivity contribution in [3.8, 4) is 5.75 Å². The maximum Gasteiger partial charge on any atom is 0.260 e. The van der Waals surface area contributed by atoms with Gasteiger partial charge in [0.15, 0.2) is 6.61 Å². The van der Waals surface area contributed by atoms with Crippen LogP contribution in [-0.4, -0.2) is 36.5 Å². The number of hydrogen-bond donors (Lipinski definition) is 1. The van der Waals surface area contributed by atoms with E-state index < -0.39 is 0 Å². The molecule has 0 radical (unpaired) electrons. The van der Waals surface area contributed by atoms with Crippen LogP contribution in [0, 0.1) is 6.92 Å². The molecule has 1 aromatic rings. The highest BCUT2D eigenvalue weighted by molar-refractivity contribution is 5.77. The number of ether oxygens (including phenoxy) is 1. The SMILES string of the molecule is Cc1ccc(OCC(=O)N(C)C(C)C)c(CC(C)N)c1. The van der Waals surface area contributed by atoms with Crippen molar-refractivity contribution in [2.24, 2.45) is 5.73 Å². The standard InChI is InChI=1S/C16H26N2O2/c1-11(2)18(5)16(19)10-20-15-7-6-12(3)8-14(15)9-13(4)17/h6-8,11,13H,9-10,17H2,1-5H3. The van der Waals surface area contributed by atoms with Gasteiger partial charge in [0, 0.05) is 19.1 Å². The zero-order valence-electron chi connectivity index (χ0n) is 13.1. The predicted octanol–water partition coefficient (Wildman–Crippen LogP) is 2.13. The minimum Gasteiger partial charge on any atom is -0.483 e. The first-order chi connectivity index (χ1) is 9.31. The molecule has 4 nitrogen and oxygen atoms in total. The molecule has 0 aliphatic carbocycles. The van der Waals surface area contributed by atoms with Crippen molar-refractivity contribution in [1.82, 2.24) is 4.90 Å². The fourth-order valence-electron chi connectivity index (χ4n) is 1.88. The van der Waals surface area contributed by atoms with E-state index in [-0.39, 0.29) is 24.6 Å². The van der Waals surface area contributed by atoms with Crippen molar-refractivity contribution in [2.45, 2.75) is 46.2 Å². The lowest BCUT2D eigenvalue weighted by atomic mass is 10.0. The molecule has 0 saturated carbocycles. The number of benzene rings is 1. The van der Waals surface area contributed by atoms with Crippen molar-refractivity contribution in [2.75, 3.05) is 13.7 Å². The molecule has 1 aromatic carbocycles. The van der Waals surface area contributed by atoms with Crippen LogP contribution in [0.25, 0.3) is 0 Å². The first-order valence-electron chi connectivity index (χ1n) is 7.04. The molecule has 0 heterocycles. The zero-order chi connectivity index (χ0) is 15.3. The third kappa shape index (κ3) is 4.85. The molecular weight excluding hydrogens is 252 g/mol. The molecule has 4 heteroatoms. The molecule has 0 aliphatic rings. The number of nitrogens with zero attached hydrogens (tertiary/aromatic N) is 1. The number of carbonyl (C=O) groups excluding carboxylic acids is 1. The number of hydrogen-bond acceptors (Lipinski definition) is 3. The van der Waals surface area contributed by atoms with Gasteiger partial charge in [-0.2, -0.15) is 0 Å². The number of rotatable bonds is 6. The number of likely N-dealkylation sites (N-methyl/N-ethyl adjacent to an activating group) is 1. The Labute approximate surface area is 121 Å². The summed E-state index contributed by atoms with van der Waals surface area (Å²) in [6.45, 7) is 8.01. The molecule has 0 fully saturated rings. The van der Waals surface area contributed by atoms with E-state index in [1.807, 2.05) is 39.8 Å². The monoisotopic (exact) mass is 278 g/mol. The first kappa shape index (κ1) is 16.5. The lowest BCUT2D eigenvalue weighted by Gasteiger charge is -2.22. The van der Waals surface area contributed by atoms with Crippen molar-refractivity contribution < 1.29 is 9.53 Å². The van der Waals surface area contributed by atoms with Crippen LogP contribution in [0.1, 0.15) is 31.9 Å². The average Bonchev–Trinajstić information content (AvgIpc) is 2.35. The fraction of sp³-hybridized carbons (Fsp3) is 0.562. The third-order valence-corrected chi connectivity index (χ3v) is 3.28. The van der Waals surface area contributed by atoms with Gasteiger partial charge in [0.1, 0.15) is 5.75 Å². The largest absolute Gasteiger partial charge is 0.483 e. The minimum atomic E-state index is -0.0210. The minimum absolute atomic E-state index is 0.0210. The second-order valence-electron chi connectivity index (χ2n) is 5.68. The normalized spacial score (nSPS) is 12.3. The summed E-state index contributed by atoms with van der Waals surface area (Å²) in [6.07, 6.45) is 0.741. The van der Waals surface area contributed by atoms with Crippen LogP contribution in [0.4, 0.5) is 0 Å². The van der Waals surface area contributed by atoms with Crippen LogP contribution < -0.4 is 10.5 Å². The smallest absolute Gasteiger partial charge is 0.260 e. The second-order valence-corrected chi connectivity index (χ2v) is 5.68. The Morgan fingerprint density at radius 1 is 1.35 bits per heavy atom. The number of amides is 1. The van der Waals surface area contributed by atoms with Crippen LogP contribution in [0.2, 0.25) is 0 Å².